The molecule has 1 rings (SSSR count). The van der Waals surface area contributed by atoms with Crippen LogP contribution in [-0.4, -0.2) is 41.8 Å². The van der Waals surface area contributed by atoms with Gasteiger partial charge in [-0.15, -0.1) is 0 Å². The number of aliphatic carboxylic acids is 1. The number of primary amides is 1. The van der Waals surface area contributed by atoms with Crippen molar-refractivity contribution in [2.45, 2.75) is 12.5 Å². The van der Waals surface area contributed by atoms with E-state index < -0.39 is 36.9 Å². The van der Waals surface area contributed by atoms with Crippen LogP contribution in [0.1, 0.15) is 16.8 Å². The average molecular weight is 294 g/mol. The van der Waals surface area contributed by atoms with E-state index in [1.165, 1.54) is 24.3 Å². The summed E-state index contributed by atoms with van der Waals surface area (Å²) in [6.45, 7) is -0.428. The molecule has 1 atom stereocenters. The van der Waals surface area contributed by atoms with E-state index >= 15 is 0 Å². The number of nitrogens with one attached hydrogen (secondary N) is 1. The second-order valence-electron chi connectivity index (χ2n) is 4.10. The van der Waals surface area contributed by atoms with Gasteiger partial charge < -0.3 is 20.9 Å². The fourth-order valence-corrected chi connectivity index (χ4v) is 1.43. The lowest BCUT2D eigenvalue weighted by Gasteiger charge is -2.13. The van der Waals surface area contributed by atoms with Crippen molar-refractivity contribution < 1.29 is 29.0 Å². The molecule has 0 saturated carbocycles. The fourth-order valence-electron chi connectivity index (χ4n) is 1.43. The van der Waals surface area contributed by atoms with Gasteiger partial charge >= 0.3 is 5.97 Å². The zero-order valence-corrected chi connectivity index (χ0v) is 10.9. The van der Waals surface area contributed by atoms with Gasteiger partial charge in [0.1, 0.15) is 18.1 Å². The molecule has 1 unspecified atom stereocenters. The van der Waals surface area contributed by atoms with E-state index in [0.29, 0.717) is 17.6 Å². The lowest BCUT2D eigenvalue weighted by atomic mass is 10.2. The topological polar surface area (TPSA) is 136 Å². The predicted octanol–water partition coefficient (Wildman–Crippen LogP) is -0.677. The van der Waals surface area contributed by atoms with E-state index in [2.05, 4.69) is 5.32 Å². The smallest absolute Gasteiger partial charge is 0.326 e. The van der Waals surface area contributed by atoms with Crippen LogP contribution in [0.3, 0.4) is 0 Å². The van der Waals surface area contributed by atoms with Crippen LogP contribution in [0.2, 0.25) is 0 Å². The Morgan fingerprint density at radius 3 is 2.38 bits per heavy atom. The molecule has 0 aromatic heterocycles. The van der Waals surface area contributed by atoms with Gasteiger partial charge in [0, 0.05) is 5.56 Å². The molecule has 0 fully saturated rings. The van der Waals surface area contributed by atoms with Gasteiger partial charge in [-0.05, 0) is 24.3 Å². The number of hydrogen-bond donors (Lipinski definition) is 3. The molecular formula is C13H14N2O6. The van der Waals surface area contributed by atoms with Crippen molar-refractivity contribution >= 4 is 24.1 Å². The van der Waals surface area contributed by atoms with Crippen LogP contribution in [0.15, 0.2) is 24.3 Å². The number of carbonyl (C=O) groups excluding carboxylic acids is 3. The van der Waals surface area contributed by atoms with E-state index in [9.17, 15) is 19.2 Å². The zero-order valence-electron chi connectivity index (χ0n) is 10.9. The van der Waals surface area contributed by atoms with Gasteiger partial charge in [-0.25, -0.2) is 4.79 Å². The molecule has 0 saturated heterocycles. The Kier molecular flexibility index (Phi) is 5.87. The lowest BCUT2D eigenvalue weighted by molar-refractivity contribution is -0.143. The quantitative estimate of drug-likeness (QED) is 0.544. The summed E-state index contributed by atoms with van der Waals surface area (Å²) in [6, 6.07) is 4.61. The highest BCUT2D eigenvalue weighted by atomic mass is 16.5. The van der Waals surface area contributed by atoms with Crippen LogP contribution >= 0.6 is 0 Å². The SMILES string of the molecule is NC(=O)CC(NC(=O)COc1ccc(C=O)cc1)C(=O)O. The molecule has 1 aromatic carbocycles. The summed E-state index contributed by atoms with van der Waals surface area (Å²) < 4.78 is 5.12. The van der Waals surface area contributed by atoms with Crippen LogP contribution in [0.5, 0.6) is 5.75 Å². The number of benzene rings is 1. The van der Waals surface area contributed by atoms with E-state index in [1.807, 2.05) is 0 Å². The van der Waals surface area contributed by atoms with Gasteiger partial charge in [-0.1, -0.05) is 0 Å². The van der Waals surface area contributed by atoms with Gasteiger partial charge in [0.25, 0.3) is 5.91 Å². The first-order valence-electron chi connectivity index (χ1n) is 5.91. The average Bonchev–Trinajstić information content (AvgIpc) is 2.44. The minimum Gasteiger partial charge on any atom is -0.484 e. The number of aldehydes is 1. The first-order valence-corrected chi connectivity index (χ1v) is 5.91. The van der Waals surface area contributed by atoms with Gasteiger partial charge in [0.2, 0.25) is 5.91 Å². The van der Waals surface area contributed by atoms with Crippen molar-refractivity contribution in [3.8, 4) is 5.75 Å². The maximum absolute atomic E-state index is 11.5. The first-order chi connectivity index (χ1) is 9.92. The molecule has 0 aliphatic rings. The monoisotopic (exact) mass is 294 g/mol. The van der Waals surface area contributed by atoms with Crippen molar-refractivity contribution in [1.82, 2.24) is 5.32 Å². The van der Waals surface area contributed by atoms with Crippen LogP contribution < -0.4 is 15.8 Å². The van der Waals surface area contributed by atoms with Crippen LogP contribution in [0, 0.1) is 0 Å². The summed E-state index contributed by atoms with van der Waals surface area (Å²) in [5.41, 5.74) is 5.34. The minimum atomic E-state index is -1.39. The molecule has 8 heteroatoms. The molecule has 112 valence electrons. The molecular weight excluding hydrogens is 280 g/mol. The molecule has 0 bridgehead atoms. The number of carboxylic acids is 1. The fraction of sp³-hybridized carbons (Fsp3) is 0.231. The van der Waals surface area contributed by atoms with Crippen molar-refractivity contribution in [3.05, 3.63) is 29.8 Å². The number of rotatable bonds is 8. The maximum Gasteiger partial charge on any atom is 0.326 e. The largest absolute Gasteiger partial charge is 0.484 e. The first kappa shape index (κ1) is 16.2. The third kappa shape index (κ3) is 5.72. The van der Waals surface area contributed by atoms with E-state index in [4.69, 9.17) is 15.6 Å². The summed E-state index contributed by atoms with van der Waals surface area (Å²) in [4.78, 5) is 43.5. The third-order valence-corrected chi connectivity index (χ3v) is 2.42. The molecule has 2 amide bonds. The molecule has 1 aromatic rings. The summed E-state index contributed by atoms with van der Waals surface area (Å²) in [5.74, 6) is -2.56. The highest BCUT2D eigenvalue weighted by molar-refractivity contribution is 5.88. The van der Waals surface area contributed by atoms with E-state index in [0.717, 1.165) is 0 Å². The minimum absolute atomic E-state index is 0.345. The molecule has 0 heterocycles. The van der Waals surface area contributed by atoms with Crippen molar-refractivity contribution in [3.63, 3.8) is 0 Å². The normalized spacial score (nSPS) is 11.2. The van der Waals surface area contributed by atoms with Crippen molar-refractivity contribution in [2.75, 3.05) is 6.61 Å². The highest BCUT2D eigenvalue weighted by Crippen LogP contribution is 2.10. The standard InChI is InChI=1S/C13H14N2O6/c14-11(17)5-10(13(19)20)15-12(18)7-21-9-3-1-8(6-16)2-4-9/h1-4,6,10H,5,7H2,(H2,14,17)(H,15,18)(H,19,20). The van der Waals surface area contributed by atoms with E-state index in [1.54, 1.807) is 0 Å². The summed E-state index contributed by atoms with van der Waals surface area (Å²) in [6.07, 6.45) is 0.160. The number of carbonyl (C=O) groups is 4. The Morgan fingerprint density at radius 1 is 1.29 bits per heavy atom. The Balaban J connectivity index is 2.49. The van der Waals surface area contributed by atoms with Crippen LogP contribution in [0.25, 0.3) is 0 Å². The Morgan fingerprint density at radius 2 is 1.90 bits per heavy atom. The molecule has 0 aliphatic heterocycles. The summed E-state index contributed by atoms with van der Waals surface area (Å²) in [7, 11) is 0. The lowest BCUT2D eigenvalue weighted by Crippen LogP contribution is -2.45. The van der Waals surface area contributed by atoms with E-state index in [-0.39, 0.29) is 0 Å². The summed E-state index contributed by atoms with van der Waals surface area (Å²) >= 11 is 0. The molecule has 0 radical (unpaired) electrons. The van der Waals surface area contributed by atoms with Gasteiger partial charge in [0.15, 0.2) is 6.61 Å². The second kappa shape index (κ2) is 7.63. The second-order valence-corrected chi connectivity index (χ2v) is 4.10. The van der Waals surface area contributed by atoms with Gasteiger partial charge in [-0.2, -0.15) is 0 Å². The van der Waals surface area contributed by atoms with Crippen molar-refractivity contribution in [1.29, 1.82) is 0 Å². The van der Waals surface area contributed by atoms with Crippen LogP contribution in [-0.2, 0) is 14.4 Å². The molecule has 0 spiro atoms. The predicted molar refractivity (Wildman–Crippen MR) is 70.7 cm³/mol. The van der Waals surface area contributed by atoms with Crippen LogP contribution in [0.4, 0.5) is 0 Å². The molecule has 8 nitrogen and oxygen atoms in total. The molecule has 4 N–H and O–H groups in total. The Bertz CT molecular complexity index is 540. The van der Waals surface area contributed by atoms with Gasteiger partial charge in [-0.3, -0.25) is 14.4 Å². The number of ether oxygens (including phenoxy) is 1. The van der Waals surface area contributed by atoms with Gasteiger partial charge in [0.05, 0.1) is 6.42 Å². The molecule has 0 aliphatic carbocycles. The Hall–Kier alpha value is -2.90. The zero-order chi connectivity index (χ0) is 15.8. The Labute approximate surface area is 119 Å². The van der Waals surface area contributed by atoms with Crippen molar-refractivity contribution in [2.24, 2.45) is 5.73 Å². The number of carboxylic acid groups (broad SMARTS) is 1. The molecule has 21 heavy (non-hydrogen) atoms. The number of amides is 2. The highest BCUT2D eigenvalue weighted by Gasteiger charge is 2.22. The third-order valence-electron chi connectivity index (χ3n) is 2.42. The summed E-state index contributed by atoms with van der Waals surface area (Å²) in [5, 5.41) is 10.9. The number of nitrogens with two attached hydrogens (primary N) is 1. The number of hydrogen-bond acceptors (Lipinski definition) is 5. The maximum atomic E-state index is 11.5.